The van der Waals surface area contributed by atoms with Gasteiger partial charge in [-0.1, -0.05) is 18.2 Å². The highest BCUT2D eigenvalue weighted by molar-refractivity contribution is 7.89. The Balaban J connectivity index is 2.02. The van der Waals surface area contributed by atoms with Crippen LogP contribution in [0.5, 0.6) is 0 Å². The summed E-state index contributed by atoms with van der Waals surface area (Å²) in [6, 6.07) is 6.23. The van der Waals surface area contributed by atoms with Crippen LogP contribution in [-0.2, 0) is 36.3 Å². The lowest BCUT2D eigenvalue weighted by Crippen LogP contribution is -2.23. The highest BCUT2D eigenvalue weighted by atomic mass is 32.2. The van der Waals surface area contributed by atoms with Crippen LogP contribution in [0, 0.1) is 0 Å². The van der Waals surface area contributed by atoms with E-state index in [1.807, 2.05) is 0 Å². The number of aryl methyl sites for hydroxylation is 1. The molecule has 0 bridgehead atoms. The molecule has 1 aromatic carbocycles. The minimum absolute atomic E-state index is 0.0127. The molecule has 0 fully saturated rings. The summed E-state index contributed by atoms with van der Waals surface area (Å²) < 4.78 is 68.9. The lowest BCUT2D eigenvalue weighted by molar-refractivity contribution is -0.142. The average molecular weight is 484 g/mol. The van der Waals surface area contributed by atoms with Crippen molar-refractivity contribution in [2.45, 2.75) is 24.2 Å². The quantitative estimate of drug-likeness (QED) is 0.458. The summed E-state index contributed by atoms with van der Waals surface area (Å²) in [5.74, 6) is 0.650. The molecule has 0 spiro atoms. The van der Waals surface area contributed by atoms with Crippen LogP contribution in [0.25, 0.3) is 11.4 Å². The SMILES string of the molecule is C=CCn1c(-c2cccc(S(=O)(=O)N(C)C)c2)nnc1N(C)Cc1cn(C)nc1C(F)(F)F. The summed E-state index contributed by atoms with van der Waals surface area (Å²) in [5, 5.41) is 11.9. The van der Waals surface area contributed by atoms with E-state index < -0.39 is 21.9 Å². The van der Waals surface area contributed by atoms with E-state index in [1.54, 1.807) is 29.8 Å². The molecule has 0 saturated carbocycles. The van der Waals surface area contributed by atoms with Gasteiger partial charge in [-0.2, -0.15) is 18.3 Å². The minimum atomic E-state index is -4.59. The predicted octanol–water partition coefficient (Wildman–Crippen LogP) is 2.77. The van der Waals surface area contributed by atoms with Crippen LogP contribution in [0.3, 0.4) is 0 Å². The molecule has 3 aromatic rings. The largest absolute Gasteiger partial charge is 0.435 e. The van der Waals surface area contributed by atoms with Gasteiger partial charge in [0.15, 0.2) is 11.5 Å². The second kappa shape index (κ2) is 8.98. The van der Waals surface area contributed by atoms with Gasteiger partial charge in [-0.15, -0.1) is 16.8 Å². The molecule has 0 N–H and O–H groups in total. The zero-order valence-corrected chi connectivity index (χ0v) is 19.4. The molecule has 178 valence electrons. The van der Waals surface area contributed by atoms with Crippen LogP contribution in [0.1, 0.15) is 11.3 Å². The fourth-order valence-corrected chi connectivity index (χ4v) is 4.26. The molecule has 2 aromatic heterocycles. The molecule has 0 aliphatic heterocycles. The molecule has 0 radical (unpaired) electrons. The Bertz CT molecular complexity index is 1260. The van der Waals surface area contributed by atoms with E-state index in [9.17, 15) is 21.6 Å². The molecule has 13 heteroatoms. The zero-order valence-electron chi connectivity index (χ0n) is 18.6. The van der Waals surface area contributed by atoms with Crippen molar-refractivity contribution in [1.29, 1.82) is 0 Å². The number of rotatable bonds is 8. The van der Waals surface area contributed by atoms with Gasteiger partial charge in [0.05, 0.1) is 4.90 Å². The van der Waals surface area contributed by atoms with Crippen molar-refractivity contribution in [2.24, 2.45) is 7.05 Å². The third kappa shape index (κ3) is 4.93. The highest BCUT2D eigenvalue weighted by Gasteiger charge is 2.37. The fourth-order valence-electron chi connectivity index (χ4n) is 3.31. The van der Waals surface area contributed by atoms with E-state index in [0.717, 1.165) is 8.99 Å². The molecular weight excluding hydrogens is 459 g/mol. The van der Waals surface area contributed by atoms with Gasteiger partial charge in [0.1, 0.15) is 0 Å². The fraction of sp³-hybridized carbons (Fsp3) is 0.350. The lowest BCUT2D eigenvalue weighted by atomic mass is 10.2. The van der Waals surface area contributed by atoms with Gasteiger partial charge >= 0.3 is 6.18 Å². The van der Waals surface area contributed by atoms with E-state index in [4.69, 9.17) is 0 Å². The first-order chi connectivity index (χ1) is 15.4. The molecule has 0 aliphatic rings. The van der Waals surface area contributed by atoms with Crippen LogP contribution < -0.4 is 4.90 Å². The maximum Gasteiger partial charge on any atom is 0.435 e. The van der Waals surface area contributed by atoms with Crippen molar-refractivity contribution in [3.8, 4) is 11.4 Å². The number of benzene rings is 1. The van der Waals surface area contributed by atoms with E-state index in [0.29, 0.717) is 17.3 Å². The Morgan fingerprint density at radius 3 is 2.48 bits per heavy atom. The summed E-state index contributed by atoms with van der Waals surface area (Å²) in [6.45, 7) is 3.86. The molecule has 0 atom stereocenters. The minimum Gasteiger partial charge on any atom is -0.339 e. The van der Waals surface area contributed by atoms with Gasteiger partial charge < -0.3 is 4.90 Å². The van der Waals surface area contributed by atoms with Crippen LogP contribution >= 0.6 is 0 Å². The maximum atomic E-state index is 13.3. The van der Waals surface area contributed by atoms with Crippen LogP contribution in [0.15, 0.2) is 48.0 Å². The van der Waals surface area contributed by atoms with E-state index in [2.05, 4.69) is 21.9 Å². The number of aromatic nitrogens is 5. The number of hydrogen-bond acceptors (Lipinski definition) is 6. The normalized spacial score (nSPS) is 12.4. The summed E-state index contributed by atoms with van der Waals surface area (Å²) in [7, 11) is 2.21. The maximum absolute atomic E-state index is 13.3. The number of anilines is 1. The summed E-state index contributed by atoms with van der Waals surface area (Å²) in [5.41, 5.74) is -0.487. The van der Waals surface area contributed by atoms with Crippen molar-refractivity contribution in [3.05, 3.63) is 54.4 Å². The van der Waals surface area contributed by atoms with Gasteiger partial charge in [0, 0.05) is 58.6 Å². The smallest absolute Gasteiger partial charge is 0.339 e. The first-order valence-corrected chi connectivity index (χ1v) is 11.2. The van der Waals surface area contributed by atoms with Gasteiger partial charge in [-0.3, -0.25) is 9.25 Å². The summed E-state index contributed by atoms with van der Waals surface area (Å²) in [4.78, 5) is 1.60. The Labute approximate surface area is 189 Å². The molecule has 0 saturated heterocycles. The molecule has 33 heavy (non-hydrogen) atoms. The van der Waals surface area contributed by atoms with Crippen molar-refractivity contribution in [1.82, 2.24) is 28.9 Å². The lowest BCUT2D eigenvalue weighted by Gasteiger charge is -2.19. The number of sulfonamides is 1. The van der Waals surface area contributed by atoms with Crippen LogP contribution in [-0.4, -0.2) is 58.4 Å². The van der Waals surface area contributed by atoms with Crippen molar-refractivity contribution in [3.63, 3.8) is 0 Å². The first-order valence-electron chi connectivity index (χ1n) is 9.74. The Morgan fingerprint density at radius 1 is 1.18 bits per heavy atom. The summed E-state index contributed by atoms with van der Waals surface area (Å²) in [6.07, 6.45) is -1.68. The van der Waals surface area contributed by atoms with Crippen LogP contribution in [0.2, 0.25) is 0 Å². The second-order valence-electron chi connectivity index (χ2n) is 7.57. The topological polar surface area (TPSA) is 89.1 Å². The Morgan fingerprint density at radius 2 is 1.88 bits per heavy atom. The molecule has 9 nitrogen and oxygen atoms in total. The molecule has 2 heterocycles. The number of alkyl halides is 3. The predicted molar refractivity (Wildman–Crippen MR) is 117 cm³/mol. The van der Waals surface area contributed by atoms with Gasteiger partial charge in [0.2, 0.25) is 16.0 Å². The van der Waals surface area contributed by atoms with Gasteiger partial charge in [-0.25, -0.2) is 12.7 Å². The zero-order chi connectivity index (χ0) is 24.6. The average Bonchev–Trinajstić information content (AvgIpc) is 3.31. The number of nitrogens with zero attached hydrogens (tertiary/aromatic N) is 7. The monoisotopic (exact) mass is 483 g/mol. The van der Waals surface area contributed by atoms with E-state index in [1.165, 1.54) is 44.4 Å². The third-order valence-electron chi connectivity index (χ3n) is 4.84. The third-order valence-corrected chi connectivity index (χ3v) is 6.65. The van der Waals surface area contributed by atoms with Crippen molar-refractivity contribution >= 4 is 16.0 Å². The standard InChI is InChI=1S/C20H24F3N7O2S/c1-6-10-30-18(14-8-7-9-16(11-14)33(31,32)27(2)3)24-25-19(30)28(4)12-15-13-29(5)26-17(15)20(21,22)23/h6-9,11,13H,1,10,12H2,2-5H3. The van der Waals surface area contributed by atoms with E-state index in [-0.39, 0.29) is 23.5 Å². The summed E-state index contributed by atoms with van der Waals surface area (Å²) >= 11 is 0. The number of halogens is 3. The van der Waals surface area contributed by atoms with Gasteiger partial charge in [0.25, 0.3) is 0 Å². The van der Waals surface area contributed by atoms with Crippen molar-refractivity contribution < 1.29 is 21.6 Å². The van der Waals surface area contributed by atoms with E-state index >= 15 is 0 Å². The molecule has 3 rings (SSSR count). The second-order valence-corrected chi connectivity index (χ2v) is 9.72. The molecule has 0 amide bonds. The van der Waals surface area contributed by atoms with Crippen molar-refractivity contribution in [2.75, 3.05) is 26.0 Å². The Hall–Kier alpha value is -3.19. The number of allylic oxidation sites excluding steroid dienone is 1. The molecule has 0 aliphatic carbocycles. The Kier molecular flexibility index (Phi) is 6.65. The number of hydrogen-bond donors (Lipinski definition) is 0. The highest BCUT2D eigenvalue weighted by Crippen LogP contribution is 2.32. The molecular formula is C20H24F3N7O2S. The first kappa shape index (κ1) is 24.5. The van der Waals surface area contributed by atoms with Crippen LogP contribution in [0.4, 0.5) is 19.1 Å². The van der Waals surface area contributed by atoms with Gasteiger partial charge in [-0.05, 0) is 12.1 Å². The molecule has 0 unspecified atom stereocenters.